The van der Waals surface area contributed by atoms with Gasteiger partial charge in [-0.3, -0.25) is 4.79 Å². The van der Waals surface area contributed by atoms with Crippen LogP contribution in [-0.2, 0) is 14.3 Å². The van der Waals surface area contributed by atoms with Crippen molar-refractivity contribution in [2.24, 2.45) is 5.92 Å². The average Bonchev–Trinajstić information content (AvgIpc) is 2.21. The largest absolute Gasteiger partial charge is 0.469 e. The molecule has 0 saturated heterocycles. The molecular formula is C11H16O3. The summed E-state index contributed by atoms with van der Waals surface area (Å²) < 4.78 is 10.1. The lowest BCUT2D eigenvalue weighted by Crippen LogP contribution is -2.22. The quantitative estimate of drug-likeness (QED) is 0.507. The van der Waals surface area contributed by atoms with E-state index in [0.717, 1.165) is 6.42 Å². The number of hydrogen-bond acceptors (Lipinski definition) is 3. The summed E-state index contributed by atoms with van der Waals surface area (Å²) in [7, 11) is 1.40. The maximum atomic E-state index is 11.0. The first-order valence-corrected chi connectivity index (χ1v) is 4.74. The van der Waals surface area contributed by atoms with Gasteiger partial charge in [0, 0.05) is 5.92 Å². The predicted octanol–water partition coefficient (Wildman–Crippen LogP) is 1.70. The van der Waals surface area contributed by atoms with Crippen molar-refractivity contribution in [3.05, 3.63) is 24.8 Å². The van der Waals surface area contributed by atoms with E-state index in [4.69, 9.17) is 4.74 Å². The Labute approximate surface area is 84.4 Å². The molecule has 0 fully saturated rings. The molecule has 3 heteroatoms. The molecule has 2 atom stereocenters. The highest BCUT2D eigenvalue weighted by Gasteiger charge is 2.17. The first-order chi connectivity index (χ1) is 6.76. The minimum Gasteiger partial charge on any atom is -0.469 e. The van der Waals surface area contributed by atoms with Crippen molar-refractivity contribution in [1.29, 1.82) is 0 Å². The third-order valence-corrected chi connectivity index (χ3v) is 2.18. The molecule has 0 saturated carbocycles. The summed E-state index contributed by atoms with van der Waals surface area (Å²) in [6, 6.07) is 0. The first kappa shape index (κ1) is 11.0. The lowest BCUT2D eigenvalue weighted by Gasteiger charge is -2.22. The van der Waals surface area contributed by atoms with E-state index < -0.39 is 0 Å². The van der Waals surface area contributed by atoms with Crippen molar-refractivity contribution in [3.8, 4) is 0 Å². The second kappa shape index (κ2) is 5.60. The summed E-state index contributed by atoms with van der Waals surface area (Å²) in [6.45, 7) is 4.23. The molecule has 1 heterocycles. The number of esters is 1. The highest BCUT2D eigenvalue weighted by Crippen LogP contribution is 2.16. The zero-order valence-electron chi connectivity index (χ0n) is 8.44. The Morgan fingerprint density at radius 3 is 3.00 bits per heavy atom. The number of rotatable bonds is 4. The van der Waals surface area contributed by atoms with Crippen molar-refractivity contribution in [3.63, 3.8) is 0 Å². The fourth-order valence-corrected chi connectivity index (χ4v) is 1.37. The molecule has 0 aromatic carbocycles. The molecule has 0 N–H and O–H groups in total. The molecule has 0 spiro atoms. The van der Waals surface area contributed by atoms with Crippen molar-refractivity contribution < 1.29 is 14.3 Å². The van der Waals surface area contributed by atoms with Gasteiger partial charge in [-0.05, 0) is 6.42 Å². The molecule has 1 rings (SSSR count). The van der Waals surface area contributed by atoms with E-state index in [-0.39, 0.29) is 18.0 Å². The average molecular weight is 196 g/mol. The van der Waals surface area contributed by atoms with Crippen molar-refractivity contribution in [2.45, 2.75) is 18.9 Å². The number of hydrogen-bond donors (Lipinski definition) is 0. The van der Waals surface area contributed by atoms with Crippen LogP contribution >= 0.6 is 0 Å². The van der Waals surface area contributed by atoms with E-state index in [1.54, 1.807) is 0 Å². The monoisotopic (exact) mass is 196 g/mol. The summed E-state index contributed by atoms with van der Waals surface area (Å²) in [5.74, 6) is -0.0334. The first-order valence-electron chi connectivity index (χ1n) is 4.74. The topological polar surface area (TPSA) is 35.5 Å². The minimum atomic E-state index is -0.189. The van der Waals surface area contributed by atoms with Crippen LogP contribution in [0.4, 0.5) is 0 Å². The van der Waals surface area contributed by atoms with Gasteiger partial charge in [0.2, 0.25) is 0 Å². The molecule has 0 aliphatic carbocycles. The molecule has 0 unspecified atom stereocenters. The number of ether oxygens (including phenoxy) is 2. The van der Waals surface area contributed by atoms with Gasteiger partial charge in [0.15, 0.2) is 0 Å². The van der Waals surface area contributed by atoms with Crippen LogP contribution in [0.3, 0.4) is 0 Å². The van der Waals surface area contributed by atoms with Gasteiger partial charge in [0.05, 0.1) is 26.2 Å². The maximum Gasteiger partial charge on any atom is 0.306 e. The van der Waals surface area contributed by atoms with Crippen LogP contribution in [0.25, 0.3) is 0 Å². The molecular weight excluding hydrogens is 180 g/mol. The Kier molecular flexibility index (Phi) is 4.40. The Morgan fingerprint density at radius 1 is 1.71 bits per heavy atom. The smallest absolute Gasteiger partial charge is 0.306 e. The third kappa shape index (κ3) is 3.34. The van der Waals surface area contributed by atoms with Crippen LogP contribution in [0.1, 0.15) is 12.8 Å². The zero-order chi connectivity index (χ0) is 10.4. The van der Waals surface area contributed by atoms with Gasteiger partial charge in [-0.2, -0.15) is 0 Å². The zero-order valence-corrected chi connectivity index (χ0v) is 8.44. The van der Waals surface area contributed by atoms with Gasteiger partial charge >= 0.3 is 5.97 Å². The van der Waals surface area contributed by atoms with Crippen LogP contribution in [-0.4, -0.2) is 25.8 Å². The highest BCUT2D eigenvalue weighted by molar-refractivity contribution is 5.69. The number of carbonyl (C=O) groups is 1. The molecule has 0 bridgehead atoms. The molecule has 3 nitrogen and oxygen atoms in total. The standard InChI is InChI=1S/C11H16O3/c1-3-4-10-6-5-9(8-14-10)7-11(12)13-2/h3,5-6,9-10H,1,4,7-8H2,2H3/t9-,10-/m0/s1. The third-order valence-electron chi connectivity index (χ3n) is 2.18. The Balaban J connectivity index is 2.35. The lowest BCUT2D eigenvalue weighted by atomic mass is 10.0. The SMILES string of the molecule is C=CC[C@H]1C=C[C@@H](CC(=O)OC)CO1. The van der Waals surface area contributed by atoms with E-state index in [0.29, 0.717) is 13.0 Å². The fourth-order valence-electron chi connectivity index (χ4n) is 1.37. The Hall–Kier alpha value is -1.09. The normalized spacial score (nSPS) is 25.8. The van der Waals surface area contributed by atoms with E-state index in [1.165, 1.54) is 7.11 Å². The van der Waals surface area contributed by atoms with Gasteiger partial charge in [-0.1, -0.05) is 18.2 Å². The summed E-state index contributed by atoms with van der Waals surface area (Å²) in [5.41, 5.74) is 0. The second-order valence-electron chi connectivity index (χ2n) is 3.32. The van der Waals surface area contributed by atoms with Gasteiger partial charge in [0.25, 0.3) is 0 Å². The maximum absolute atomic E-state index is 11.0. The van der Waals surface area contributed by atoms with Gasteiger partial charge in [-0.25, -0.2) is 0 Å². The van der Waals surface area contributed by atoms with Gasteiger partial charge in [0.1, 0.15) is 0 Å². The van der Waals surface area contributed by atoms with Crippen LogP contribution in [0, 0.1) is 5.92 Å². The minimum absolute atomic E-state index is 0.126. The second-order valence-corrected chi connectivity index (χ2v) is 3.32. The van der Waals surface area contributed by atoms with E-state index in [1.807, 2.05) is 18.2 Å². The van der Waals surface area contributed by atoms with Crippen molar-refractivity contribution in [2.75, 3.05) is 13.7 Å². The molecule has 0 aromatic heterocycles. The van der Waals surface area contributed by atoms with Crippen LogP contribution in [0.5, 0.6) is 0 Å². The predicted molar refractivity (Wildman–Crippen MR) is 53.8 cm³/mol. The van der Waals surface area contributed by atoms with E-state index >= 15 is 0 Å². The number of carbonyl (C=O) groups excluding carboxylic acids is 1. The van der Waals surface area contributed by atoms with Crippen LogP contribution < -0.4 is 0 Å². The van der Waals surface area contributed by atoms with E-state index in [9.17, 15) is 4.79 Å². The van der Waals surface area contributed by atoms with Gasteiger partial charge in [-0.15, -0.1) is 6.58 Å². The van der Waals surface area contributed by atoms with Crippen molar-refractivity contribution >= 4 is 5.97 Å². The van der Waals surface area contributed by atoms with E-state index in [2.05, 4.69) is 11.3 Å². The lowest BCUT2D eigenvalue weighted by molar-refractivity contribution is -0.142. The molecule has 78 valence electrons. The fraction of sp³-hybridized carbons (Fsp3) is 0.545. The van der Waals surface area contributed by atoms with Crippen molar-refractivity contribution in [1.82, 2.24) is 0 Å². The molecule has 0 aromatic rings. The highest BCUT2D eigenvalue weighted by atomic mass is 16.5. The van der Waals surface area contributed by atoms with Crippen LogP contribution in [0.15, 0.2) is 24.8 Å². The summed E-state index contributed by atoms with van der Waals surface area (Å²) in [5, 5.41) is 0. The summed E-state index contributed by atoms with van der Waals surface area (Å²) >= 11 is 0. The van der Waals surface area contributed by atoms with Crippen LogP contribution in [0.2, 0.25) is 0 Å². The Bertz CT molecular complexity index is 233. The summed E-state index contributed by atoms with van der Waals surface area (Å²) in [4.78, 5) is 11.0. The molecule has 1 aliphatic heterocycles. The molecule has 0 radical (unpaired) electrons. The molecule has 14 heavy (non-hydrogen) atoms. The summed E-state index contributed by atoms with van der Waals surface area (Å²) in [6.07, 6.45) is 7.18. The van der Waals surface area contributed by atoms with Gasteiger partial charge < -0.3 is 9.47 Å². The molecule has 0 amide bonds. The Morgan fingerprint density at radius 2 is 2.50 bits per heavy atom. The molecule has 1 aliphatic rings. The number of methoxy groups -OCH3 is 1.